The van der Waals surface area contributed by atoms with Crippen molar-refractivity contribution in [2.45, 2.75) is 39.3 Å². The quantitative estimate of drug-likeness (QED) is 0.385. The zero-order valence-corrected chi connectivity index (χ0v) is 19.9. The average molecular weight is 480 g/mol. The van der Waals surface area contributed by atoms with E-state index in [0.29, 0.717) is 11.3 Å². The molecule has 0 aliphatic carbocycles. The Labute approximate surface area is 203 Å². The van der Waals surface area contributed by atoms with Crippen LogP contribution in [0, 0.1) is 12.7 Å². The van der Waals surface area contributed by atoms with Gasteiger partial charge in [-0.2, -0.15) is 5.10 Å². The van der Waals surface area contributed by atoms with Gasteiger partial charge in [-0.05, 0) is 61.2 Å². The maximum atomic E-state index is 14.9. The Morgan fingerprint density at radius 1 is 1.26 bits per heavy atom. The van der Waals surface area contributed by atoms with Crippen LogP contribution in [0.2, 0.25) is 0 Å². The van der Waals surface area contributed by atoms with E-state index in [2.05, 4.69) is 20.8 Å². The number of benzene rings is 2. The number of ether oxygens (including phenoxy) is 1. The summed E-state index contributed by atoms with van der Waals surface area (Å²) in [5.41, 5.74) is 5.14. The molecule has 2 aromatic carbocycles. The molecule has 0 bridgehead atoms. The van der Waals surface area contributed by atoms with E-state index >= 15 is 0 Å². The predicted molar refractivity (Wildman–Crippen MR) is 131 cm³/mol. The number of anilines is 1. The normalized spacial score (nSPS) is 15.3. The van der Waals surface area contributed by atoms with Crippen molar-refractivity contribution < 1.29 is 18.7 Å². The van der Waals surface area contributed by atoms with Crippen LogP contribution in [0.25, 0.3) is 11.1 Å². The lowest BCUT2D eigenvalue weighted by atomic mass is 10.0. The molecule has 35 heavy (non-hydrogen) atoms. The number of carbonyl (C=O) groups excluding carboxylic acids is 2. The summed E-state index contributed by atoms with van der Waals surface area (Å²) in [6.45, 7) is 5.54. The van der Waals surface area contributed by atoms with E-state index in [1.54, 1.807) is 12.1 Å². The summed E-state index contributed by atoms with van der Waals surface area (Å²) in [6.07, 6.45) is 2.86. The molecule has 1 aromatic heterocycles. The SMILES string of the molecule is CC(=O)NCC1CN(c2ccc(-c3ccc(CNCCCc4cn[nH]c4C)cc3)c(F)c2)C(=O)O1. The number of hydrogen-bond donors (Lipinski definition) is 3. The van der Waals surface area contributed by atoms with Gasteiger partial charge in [-0.25, -0.2) is 9.18 Å². The fraction of sp³-hybridized carbons (Fsp3) is 0.346. The minimum Gasteiger partial charge on any atom is -0.442 e. The molecule has 1 unspecified atom stereocenters. The highest BCUT2D eigenvalue weighted by atomic mass is 19.1. The van der Waals surface area contributed by atoms with Crippen LogP contribution in [0.15, 0.2) is 48.7 Å². The summed E-state index contributed by atoms with van der Waals surface area (Å²) in [4.78, 5) is 24.6. The molecule has 0 radical (unpaired) electrons. The maximum Gasteiger partial charge on any atom is 0.414 e. The van der Waals surface area contributed by atoms with E-state index in [0.717, 1.165) is 42.8 Å². The van der Waals surface area contributed by atoms with Crippen LogP contribution in [0.5, 0.6) is 0 Å². The number of aryl methyl sites for hydroxylation is 2. The molecule has 2 heterocycles. The van der Waals surface area contributed by atoms with Crippen LogP contribution in [0.3, 0.4) is 0 Å². The summed E-state index contributed by atoms with van der Waals surface area (Å²) in [7, 11) is 0. The third-order valence-electron chi connectivity index (χ3n) is 6.05. The number of cyclic esters (lactones) is 1. The van der Waals surface area contributed by atoms with E-state index in [9.17, 15) is 14.0 Å². The highest BCUT2D eigenvalue weighted by Crippen LogP contribution is 2.29. The molecule has 1 aliphatic heterocycles. The summed E-state index contributed by atoms with van der Waals surface area (Å²) in [6, 6.07) is 12.5. The smallest absolute Gasteiger partial charge is 0.414 e. The average Bonchev–Trinajstić information content (AvgIpc) is 3.42. The largest absolute Gasteiger partial charge is 0.442 e. The summed E-state index contributed by atoms with van der Waals surface area (Å²) in [5, 5.41) is 13.1. The third-order valence-corrected chi connectivity index (χ3v) is 6.05. The van der Waals surface area contributed by atoms with Crippen molar-refractivity contribution in [1.82, 2.24) is 20.8 Å². The Kier molecular flexibility index (Phi) is 7.77. The summed E-state index contributed by atoms with van der Waals surface area (Å²) < 4.78 is 20.2. The summed E-state index contributed by atoms with van der Waals surface area (Å²) in [5.74, 6) is -0.613. The molecule has 3 N–H and O–H groups in total. The number of hydrogen-bond acceptors (Lipinski definition) is 5. The van der Waals surface area contributed by atoms with Gasteiger partial charge in [0, 0.05) is 24.7 Å². The number of aromatic nitrogens is 2. The number of nitrogens with zero attached hydrogens (tertiary/aromatic N) is 2. The van der Waals surface area contributed by atoms with Crippen LogP contribution in [-0.4, -0.2) is 47.9 Å². The molecule has 0 saturated carbocycles. The monoisotopic (exact) mass is 479 g/mol. The van der Waals surface area contributed by atoms with Crippen LogP contribution in [0.1, 0.15) is 30.2 Å². The predicted octanol–water partition coefficient (Wildman–Crippen LogP) is 3.71. The van der Waals surface area contributed by atoms with Crippen LogP contribution < -0.4 is 15.5 Å². The number of amides is 2. The Bertz CT molecular complexity index is 1180. The van der Waals surface area contributed by atoms with Gasteiger partial charge in [-0.1, -0.05) is 24.3 Å². The third kappa shape index (κ3) is 6.24. The van der Waals surface area contributed by atoms with E-state index in [-0.39, 0.29) is 19.0 Å². The van der Waals surface area contributed by atoms with Gasteiger partial charge in [0.1, 0.15) is 11.9 Å². The van der Waals surface area contributed by atoms with Crippen LogP contribution in [-0.2, 0) is 22.5 Å². The molecule has 4 rings (SSSR count). The number of halogens is 1. The van der Waals surface area contributed by atoms with Crippen LogP contribution in [0.4, 0.5) is 14.9 Å². The second-order valence-corrected chi connectivity index (χ2v) is 8.72. The Balaban J connectivity index is 1.30. The zero-order valence-electron chi connectivity index (χ0n) is 19.9. The second-order valence-electron chi connectivity index (χ2n) is 8.72. The van der Waals surface area contributed by atoms with Crippen molar-refractivity contribution in [2.24, 2.45) is 0 Å². The lowest BCUT2D eigenvalue weighted by molar-refractivity contribution is -0.119. The van der Waals surface area contributed by atoms with Gasteiger partial charge in [-0.15, -0.1) is 0 Å². The topological polar surface area (TPSA) is 99.4 Å². The minimum atomic E-state index is -0.552. The number of nitrogens with one attached hydrogen (secondary N) is 3. The fourth-order valence-corrected chi connectivity index (χ4v) is 4.07. The Morgan fingerprint density at radius 2 is 2.06 bits per heavy atom. The molecule has 1 atom stereocenters. The van der Waals surface area contributed by atoms with Gasteiger partial charge in [0.2, 0.25) is 5.91 Å². The lowest BCUT2D eigenvalue weighted by Gasteiger charge is -2.15. The van der Waals surface area contributed by atoms with Crippen molar-refractivity contribution in [1.29, 1.82) is 0 Å². The minimum absolute atomic E-state index is 0.197. The first-order valence-electron chi connectivity index (χ1n) is 11.7. The first-order chi connectivity index (χ1) is 16.9. The van der Waals surface area contributed by atoms with Crippen molar-refractivity contribution in [3.8, 4) is 11.1 Å². The van der Waals surface area contributed by atoms with Gasteiger partial charge >= 0.3 is 6.09 Å². The first kappa shape index (κ1) is 24.4. The second kappa shape index (κ2) is 11.1. The Morgan fingerprint density at radius 3 is 2.74 bits per heavy atom. The van der Waals surface area contributed by atoms with E-state index in [1.165, 1.54) is 23.5 Å². The van der Waals surface area contributed by atoms with Gasteiger partial charge in [-0.3, -0.25) is 14.8 Å². The Hall–Kier alpha value is -3.72. The molecular weight excluding hydrogens is 449 g/mol. The molecule has 8 nitrogen and oxygen atoms in total. The van der Waals surface area contributed by atoms with Gasteiger partial charge in [0.05, 0.1) is 25.0 Å². The molecule has 1 aliphatic rings. The van der Waals surface area contributed by atoms with Crippen LogP contribution >= 0.6 is 0 Å². The maximum absolute atomic E-state index is 14.9. The number of carbonyl (C=O) groups is 2. The number of aromatic amines is 1. The van der Waals surface area contributed by atoms with Gasteiger partial charge in [0.25, 0.3) is 0 Å². The van der Waals surface area contributed by atoms with Gasteiger partial charge in [0.15, 0.2) is 0 Å². The van der Waals surface area contributed by atoms with E-state index < -0.39 is 18.0 Å². The van der Waals surface area contributed by atoms with Crippen molar-refractivity contribution >= 4 is 17.7 Å². The molecule has 1 fully saturated rings. The van der Waals surface area contributed by atoms with E-state index in [4.69, 9.17) is 4.74 Å². The fourth-order valence-electron chi connectivity index (χ4n) is 4.07. The van der Waals surface area contributed by atoms with Crippen molar-refractivity contribution in [3.05, 3.63) is 71.3 Å². The summed E-state index contributed by atoms with van der Waals surface area (Å²) >= 11 is 0. The standard InChI is InChI=1S/C26H30FN5O3/c1-17-21(14-30-31-17)4-3-11-28-13-19-5-7-20(8-6-19)24-10-9-22(12-25(24)27)32-16-23(35-26(32)34)15-29-18(2)33/h5-10,12,14,23,28H,3-4,11,13,15-16H2,1-2H3,(H,29,33)(H,30,31). The van der Waals surface area contributed by atoms with Gasteiger partial charge < -0.3 is 15.4 Å². The molecule has 184 valence electrons. The first-order valence-corrected chi connectivity index (χ1v) is 11.7. The van der Waals surface area contributed by atoms with Crippen molar-refractivity contribution in [2.75, 3.05) is 24.5 Å². The van der Waals surface area contributed by atoms with Crippen molar-refractivity contribution in [3.63, 3.8) is 0 Å². The number of H-pyrrole nitrogens is 1. The molecule has 0 spiro atoms. The molecule has 2 amide bonds. The molecule has 9 heteroatoms. The molecule has 1 saturated heterocycles. The van der Waals surface area contributed by atoms with E-state index in [1.807, 2.05) is 37.4 Å². The zero-order chi connectivity index (χ0) is 24.8. The molecular formula is C26H30FN5O3. The highest BCUT2D eigenvalue weighted by Gasteiger charge is 2.32. The number of rotatable bonds is 10. The molecule has 3 aromatic rings. The highest BCUT2D eigenvalue weighted by molar-refractivity contribution is 5.90. The lowest BCUT2D eigenvalue weighted by Crippen LogP contribution is -2.33.